The van der Waals surface area contributed by atoms with Gasteiger partial charge in [-0.25, -0.2) is 0 Å². The predicted octanol–water partition coefficient (Wildman–Crippen LogP) is 2.42. The highest BCUT2D eigenvalue weighted by Crippen LogP contribution is 2.39. The lowest BCUT2D eigenvalue weighted by Gasteiger charge is -2.29. The predicted molar refractivity (Wildman–Crippen MR) is 138 cm³/mol. The number of para-hydroxylation sites is 1. The van der Waals surface area contributed by atoms with Crippen LogP contribution in [0.25, 0.3) is 11.0 Å². The minimum atomic E-state index is -0.742. The number of fused-ring (bicyclic) bond motifs is 1. The zero-order valence-electron chi connectivity index (χ0n) is 21.7. The molecular weight excluding hydrogens is 468 g/mol. The smallest absolute Gasteiger partial charge is 0.239 e. The molecule has 3 aromatic rings. The van der Waals surface area contributed by atoms with Crippen molar-refractivity contribution in [3.8, 4) is 0 Å². The van der Waals surface area contributed by atoms with Crippen LogP contribution >= 0.6 is 0 Å². The Hall–Kier alpha value is -3.42. The van der Waals surface area contributed by atoms with Crippen LogP contribution in [0.15, 0.2) is 70.3 Å². The molecule has 0 saturated carbocycles. The first-order valence-electron chi connectivity index (χ1n) is 13.0. The van der Waals surface area contributed by atoms with Gasteiger partial charge in [-0.05, 0) is 34.4 Å². The van der Waals surface area contributed by atoms with Gasteiger partial charge in [-0.1, -0.05) is 63.2 Å². The number of nitrogens with one attached hydrogen (secondary N) is 1. The summed E-state index contributed by atoms with van der Waals surface area (Å²) < 4.78 is 11.2. The molecule has 2 aliphatic rings. The number of rotatable bonds is 7. The van der Waals surface area contributed by atoms with Crippen molar-refractivity contribution in [2.75, 3.05) is 39.4 Å². The normalized spacial score (nSPS) is 19.3. The molecule has 3 heterocycles. The average molecular weight is 503 g/mol. The molecule has 7 heteroatoms. The second kappa shape index (κ2) is 10.1. The maximum absolute atomic E-state index is 13.7. The molecule has 0 radical (unpaired) electrons. The Kier molecular flexibility index (Phi) is 6.92. The summed E-state index contributed by atoms with van der Waals surface area (Å²) in [6, 6.07) is 16.1. The number of hydrogen-bond donors (Lipinski definition) is 1. The molecule has 37 heavy (non-hydrogen) atoms. The van der Waals surface area contributed by atoms with Crippen LogP contribution < -0.4 is 10.0 Å². The summed E-state index contributed by atoms with van der Waals surface area (Å²) in [6.45, 7) is 11.0. The van der Waals surface area contributed by atoms with Gasteiger partial charge in [0.25, 0.3) is 0 Å². The maximum Gasteiger partial charge on any atom is 0.239 e. The first-order valence-corrected chi connectivity index (χ1v) is 13.0. The van der Waals surface area contributed by atoms with Gasteiger partial charge in [0, 0.05) is 23.9 Å². The van der Waals surface area contributed by atoms with Gasteiger partial charge in [0.2, 0.25) is 11.7 Å². The van der Waals surface area contributed by atoms with E-state index in [1.54, 1.807) is 17.0 Å². The van der Waals surface area contributed by atoms with E-state index in [9.17, 15) is 14.7 Å². The summed E-state index contributed by atoms with van der Waals surface area (Å²) in [4.78, 5) is 30.0. The molecule has 2 aromatic carbocycles. The molecule has 0 spiro atoms. The fourth-order valence-corrected chi connectivity index (χ4v) is 5.25. The first kappa shape index (κ1) is 25.2. The van der Waals surface area contributed by atoms with Crippen LogP contribution in [-0.4, -0.2) is 56.0 Å². The molecule has 7 nitrogen and oxygen atoms in total. The van der Waals surface area contributed by atoms with Crippen LogP contribution in [-0.2, 0) is 14.9 Å². The van der Waals surface area contributed by atoms with Crippen molar-refractivity contribution in [2.45, 2.75) is 38.6 Å². The third-order valence-corrected chi connectivity index (χ3v) is 7.40. The highest BCUT2D eigenvalue weighted by atomic mass is 16.5. The Morgan fingerprint density at radius 3 is 2.46 bits per heavy atom. The number of carbonyl (C=O) groups excluding carboxylic acids is 2. The summed E-state index contributed by atoms with van der Waals surface area (Å²) in [5.41, 5.74) is 2.38. The first-order chi connectivity index (χ1) is 17.7. The number of Topliss-reactive ketones (excluding diaryl/α,β-unsaturated/α-hetero) is 1. The maximum atomic E-state index is 13.7. The van der Waals surface area contributed by atoms with Crippen molar-refractivity contribution in [3.05, 3.63) is 82.8 Å². The minimum absolute atomic E-state index is 0.0358. The van der Waals surface area contributed by atoms with Crippen LogP contribution in [0, 0.1) is 0 Å². The van der Waals surface area contributed by atoms with Gasteiger partial charge in [-0.15, -0.1) is 0 Å². The second-order valence-electron chi connectivity index (χ2n) is 11.0. The number of quaternary nitrogens is 1. The Bertz CT molecular complexity index is 1290. The van der Waals surface area contributed by atoms with Gasteiger partial charge in [0.15, 0.2) is 5.76 Å². The lowest BCUT2D eigenvalue weighted by molar-refractivity contribution is -0.908. The second-order valence-corrected chi connectivity index (χ2v) is 11.0. The van der Waals surface area contributed by atoms with Gasteiger partial charge in [-0.3, -0.25) is 9.59 Å². The van der Waals surface area contributed by atoms with Crippen molar-refractivity contribution in [1.82, 2.24) is 4.90 Å². The number of carbonyl (C=O) groups is 2. The van der Waals surface area contributed by atoms with E-state index in [0.717, 1.165) is 55.8 Å². The molecule has 1 N–H and O–H groups in total. The molecule has 1 amide bonds. The lowest BCUT2D eigenvalue weighted by atomic mass is 9.85. The third kappa shape index (κ3) is 5.06. The molecule has 0 aliphatic carbocycles. The van der Waals surface area contributed by atoms with Gasteiger partial charge in [0.05, 0.1) is 25.8 Å². The topological polar surface area (TPSA) is 87.2 Å². The van der Waals surface area contributed by atoms with Crippen molar-refractivity contribution >= 4 is 22.7 Å². The number of nitrogens with zero attached hydrogens (tertiary/aromatic N) is 1. The number of amides is 1. The third-order valence-electron chi connectivity index (χ3n) is 7.40. The van der Waals surface area contributed by atoms with E-state index in [-0.39, 0.29) is 16.7 Å². The Morgan fingerprint density at radius 1 is 1.08 bits per heavy atom. The highest BCUT2D eigenvalue weighted by molar-refractivity contribution is 6.15. The molecule has 2 aliphatic heterocycles. The van der Waals surface area contributed by atoms with Crippen molar-refractivity contribution < 1.29 is 28.7 Å². The molecule has 5 rings (SSSR count). The Labute approximate surface area is 217 Å². The van der Waals surface area contributed by atoms with Gasteiger partial charge in [0.1, 0.15) is 18.7 Å². The Morgan fingerprint density at radius 2 is 1.78 bits per heavy atom. The molecule has 194 valence electrons. The highest BCUT2D eigenvalue weighted by Gasteiger charge is 2.40. The van der Waals surface area contributed by atoms with Crippen LogP contribution in [0.1, 0.15) is 54.9 Å². The molecular formula is C30H34N2O5. The number of ketones is 1. The Balaban J connectivity index is 1.47. The number of morpholine rings is 1. The van der Waals surface area contributed by atoms with Gasteiger partial charge in [-0.2, -0.15) is 0 Å². The molecule has 1 atom stereocenters. The number of furan rings is 1. The van der Waals surface area contributed by atoms with E-state index >= 15 is 0 Å². The van der Waals surface area contributed by atoms with E-state index in [1.165, 1.54) is 4.90 Å². The van der Waals surface area contributed by atoms with Crippen molar-refractivity contribution in [2.24, 2.45) is 0 Å². The number of benzene rings is 2. The van der Waals surface area contributed by atoms with Crippen molar-refractivity contribution in [3.63, 3.8) is 0 Å². The average Bonchev–Trinajstić information content (AvgIpc) is 3.43. The number of ether oxygens (including phenoxy) is 1. The van der Waals surface area contributed by atoms with Gasteiger partial charge >= 0.3 is 0 Å². The number of hydrogen-bond acceptors (Lipinski definition) is 5. The molecule has 0 bridgehead atoms. The lowest BCUT2D eigenvalue weighted by Crippen LogP contribution is -3.14. The van der Waals surface area contributed by atoms with Crippen LogP contribution in [0.3, 0.4) is 0 Å². The molecule has 1 unspecified atom stereocenters. The summed E-state index contributed by atoms with van der Waals surface area (Å²) in [6.07, 6.45) is 0.733. The van der Waals surface area contributed by atoms with E-state index in [1.807, 2.05) is 42.5 Å². The summed E-state index contributed by atoms with van der Waals surface area (Å²) in [7, 11) is 0. The fraction of sp³-hybridized carbons (Fsp3) is 0.400. The molecule has 1 saturated heterocycles. The molecule has 1 aromatic heterocycles. The van der Waals surface area contributed by atoms with E-state index in [0.29, 0.717) is 12.1 Å². The van der Waals surface area contributed by atoms with E-state index < -0.39 is 23.5 Å². The summed E-state index contributed by atoms with van der Waals surface area (Å²) >= 11 is 0. The standard InChI is InChI=1S/C30H34N2O5/c1-30(2,3)22-11-9-20(10-12-22)26-25(27(33)24-19-21-7-4-5-8-23(21)37-24)28(34)29(35)32(26)14-6-13-31-15-17-36-18-16-31/h4-5,7-12,19,26,34H,6,13-18H2,1-3H3. The molecule has 1 fully saturated rings. The zero-order chi connectivity index (χ0) is 26.2. The van der Waals surface area contributed by atoms with Crippen LogP contribution in [0.5, 0.6) is 0 Å². The summed E-state index contributed by atoms with van der Waals surface area (Å²) in [5.74, 6) is -1.82. The minimum Gasteiger partial charge on any atom is -0.868 e. The van der Waals surface area contributed by atoms with E-state index in [4.69, 9.17) is 9.15 Å². The SMILES string of the molecule is CC(C)(C)c1ccc(C2C(C(=O)c3cc4ccccc4o3)=C([O-])C(=O)N2CCC[NH+]2CCOCC2)cc1. The monoisotopic (exact) mass is 502 g/mol. The quantitative estimate of drug-likeness (QED) is 0.502. The zero-order valence-corrected chi connectivity index (χ0v) is 21.7. The fourth-order valence-electron chi connectivity index (χ4n) is 5.25. The van der Waals surface area contributed by atoms with Crippen LogP contribution in [0.4, 0.5) is 0 Å². The van der Waals surface area contributed by atoms with E-state index in [2.05, 4.69) is 20.8 Å². The van der Waals surface area contributed by atoms with Crippen LogP contribution in [0.2, 0.25) is 0 Å². The largest absolute Gasteiger partial charge is 0.868 e. The van der Waals surface area contributed by atoms with Crippen molar-refractivity contribution in [1.29, 1.82) is 0 Å². The van der Waals surface area contributed by atoms with Gasteiger partial charge < -0.3 is 24.1 Å². The summed E-state index contributed by atoms with van der Waals surface area (Å²) in [5, 5.41) is 14.1.